The van der Waals surface area contributed by atoms with Crippen molar-refractivity contribution >= 4 is 39.0 Å². The third kappa shape index (κ3) is 6.40. The Kier molecular flexibility index (Phi) is 8.55. The average molecular weight is 649 g/mol. The van der Waals surface area contributed by atoms with Crippen LogP contribution in [0.3, 0.4) is 0 Å². The van der Waals surface area contributed by atoms with Crippen LogP contribution in [-0.4, -0.2) is 92.7 Å². The van der Waals surface area contributed by atoms with Gasteiger partial charge in [-0.05, 0) is 79.0 Å². The van der Waals surface area contributed by atoms with Crippen molar-refractivity contribution in [3.8, 4) is 17.1 Å². The van der Waals surface area contributed by atoms with Crippen molar-refractivity contribution in [2.24, 2.45) is 18.0 Å². The van der Waals surface area contributed by atoms with E-state index >= 15 is 0 Å². The van der Waals surface area contributed by atoms with Crippen molar-refractivity contribution in [3.63, 3.8) is 0 Å². The number of aromatic nitrogens is 3. The maximum Gasteiger partial charge on any atom is 0.280 e. The van der Waals surface area contributed by atoms with E-state index in [2.05, 4.69) is 41.8 Å². The van der Waals surface area contributed by atoms with Gasteiger partial charge in [0.1, 0.15) is 0 Å². The second kappa shape index (κ2) is 12.8. The van der Waals surface area contributed by atoms with Crippen LogP contribution in [0.5, 0.6) is 5.88 Å². The summed E-state index contributed by atoms with van der Waals surface area (Å²) >= 11 is 0. The Morgan fingerprint density at radius 1 is 1.07 bits per heavy atom. The minimum absolute atomic E-state index is 0.280. The lowest BCUT2D eigenvalue weighted by atomic mass is 10.1. The number of pyridine rings is 1. The molecule has 13 heteroatoms. The van der Waals surface area contributed by atoms with Crippen LogP contribution in [-0.2, 0) is 21.9 Å². The summed E-state index contributed by atoms with van der Waals surface area (Å²) < 4.78 is 30.9. The van der Waals surface area contributed by atoms with E-state index in [9.17, 15) is 9.00 Å². The fourth-order valence-corrected chi connectivity index (χ4v) is 9.16. The summed E-state index contributed by atoms with van der Waals surface area (Å²) in [6.45, 7) is 8.57. The molecule has 6 heterocycles. The van der Waals surface area contributed by atoms with Crippen LogP contribution < -0.4 is 19.7 Å². The van der Waals surface area contributed by atoms with Gasteiger partial charge in [-0.3, -0.25) is 18.9 Å². The predicted octanol–water partition coefficient (Wildman–Crippen LogP) is 3.87. The van der Waals surface area contributed by atoms with Crippen molar-refractivity contribution in [1.29, 1.82) is 0 Å². The molecule has 2 N–H and O–H groups in total. The highest BCUT2D eigenvalue weighted by molar-refractivity contribution is 8.04. The number of ether oxygens (including phenoxy) is 2. The highest BCUT2D eigenvalue weighted by atomic mass is 32.3. The van der Waals surface area contributed by atoms with Gasteiger partial charge in [-0.2, -0.15) is 10.1 Å². The van der Waals surface area contributed by atoms with Gasteiger partial charge in [0, 0.05) is 74.4 Å². The second-order valence-electron chi connectivity index (χ2n) is 13.0. The van der Waals surface area contributed by atoms with Crippen LogP contribution in [0.4, 0.5) is 17.1 Å². The van der Waals surface area contributed by atoms with E-state index in [4.69, 9.17) is 9.47 Å². The number of hydrogen-bond acceptors (Lipinski definition) is 9. The lowest BCUT2D eigenvalue weighted by molar-refractivity contribution is 0.0372. The maximum atomic E-state index is 14.0. The fraction of sp³-hybridized carbons (Fsp3) is 0.515. The number of hydrogen-bond donors (Lipinski definition) is 3. The Balaban J connectivity index is 1.15. The maximum absolute atomic E-state index is 14.0. The number of fused-ring (bicyclic) bond motifs is 7. The Hall–Kier alpha value is -3.81. The number of aliphatic imine (C=N–C) groups is 1. The number of carbonyl (C=O) groups is 1. The molecule has 12 nitrogen and oxygen atoms in total. The van der Waals surface area contributed by atoms with Crippen molar-refractivity contribution < 1.29 is 18.5 Å². The quantitative estimate of drug-likeness (QED) is 0.363. The van der Waals surface area contributed by atoms with Gasteiger partial charge in [-0.1, -0.05) is 6.92 Å². The highest BCUT2D eigenvalue weighted by Crippen LogP contribution is 2.37. The normalized spacial score (nSPS) is 24.2. The summed E-state index contributed by atoms with van der Waals surface area (Å²) in [5.41, 5.74) is 5.13. The first kappa shape index (κ1) is 30.8. The van der Waals surface area contributed by atoms with Crippen LogP contribution in [0, 0.1) is 12.8 Å². The zero-order valence-corrected chi connectivity index (χ0v) is 27.8. The molecule has 4 aliphatic heterocycles. The number of rotatable bonds is 3. The number of thiol groups is 1. The second-order valence-corrected chi connectivity index (χ2v) is 15.9. The molecule has 1 unspecified atom stereocenters. The van der Waals surface area contributed by atoms with Gasteiger partial charge in [0.2, 0.25) is 11.8 Å². The summed E-state index contributed by atoms with van der Waals surface area (Å²) in [7, 11) is -0.747. The van der Waals surface area contributed by atoms with Gasteiger partial charge in [-0.15, -0.1) is 0 Å². The van der Waals surface area contributed by atoms with E-state index < -0.39 is 10.1 Å². The predicted molar refractivity (Wildman–Crippen MR) is 183 cm³/mol. The Morgan fingerprint density at radius 3 is 2.67 bits per heavy atom. The molecule has 0 radical (unpaired) electrons. The molecule has 2 fully saturated rings. The molecule has 2 aromatic heterocycles. The van der Waals surface area contributed by atoms with Crippen LogP contribution >= 0.6 is 0 Å². The zero-order valence-electron chi connectivity index (χ0n) is 26.9. The number of benzene rings is 1. The van der Waals surface area contributed by atoms with Crippen LogP contribution in [0.15, 0.2) is 41.5 Å². The molecule has 246 valence electrons. The molecular formula is C33H44N8O4S. The van der Waals surface area contributed by atoms with Gasteiger partial charge in [0.05, 0.1) is 35.4 Å². The average Bonchev–Trinajstić information content (AvgIpc) is 3.58. The molecule has 1 atom stereocenters. The summed E-state index contributed by atoms with van der Waals surface area (Å²) in [6.07, 6.45) is 5.60. The van der Waals surface area contributed by atoms with Crippen molar-refractivity contribution in [1.82, 2.24) is 19.7 Å². The number of nitrogens with zero attached hydrogens (tertiary/aromatic N) is 6. The number of nitrogens with one attached hydrogen (secondary N) is 2. The number of amides is 1. The monoisotopic (exact) mass is 648 g/mol. The fourth-order valence-electron chi connectivity index (χ4n) is 6.94. The van der Waals surface area contributed by atoms with Crippen LogP contribution in [0.25, 0.3) is 11.3 Å². The van der Waals surface area contributed by atoms with Crippen LogP contribution in [0.1, 0.15) is 48.7 Å². The first-order chi connectivity index (χ1) is 22.2. The smallest absolute Gasteiger partial charge is 0.280 e. The van der Waals surface area contributed by atoms with Gasteiger partial charge < -0.3 is 24.4 Å². The molecule has 4 aliphatic rings. The summed E-state index contributed by atoms with van der Waals surface area (Å²) in [4.78, 5) is 27.5. The molecule has 2 saturated heterocycles. The van der Waals surface area contributed by atoms with E-state index in [-0.39, 0.29) is 11.8 Å². The van der Waals surface area contributed by atoms with E-state index in [1.54, 1.807) is 23.0 Å². The number of aryl methyl sites for hydroxylation is 2. The minimum Gasteiger partial charge on any atom is -0.477 e. The van der Waals surface area contributed by atoms with Crippen LogP contribution in [0.2, 0.25) is 0 Å². The van der Waals surface area contributed by atoms with Crippen molar-refractivity contribution in [2.45, 2.75) is 45.6 Å². The number of anilines is 3. The molecule has 1 aromatic carbocycles. The molecule has 0 aliphatic carbocycles. The van der Waals surface area contributed by atoms with Crippen molar-refractivity contribution in [2.75, 3.05) is 65.9 Å². The molecular weight excluding hydrogens is 604 g/mol. The van der Waals surface area contributed by atoms with Crippen molar-refractivity contribution in [3.05, 3.63) is 47.8 Å². The van der Waals surface area contributed by atoms with E-state index in [1.165, 1.54) is 0 Å². The SMILES string of the molecule is Cc1cc2cc(n1)-c1cnn(C)c1OCCCC(C)CN1/C(=N/C2=O)Nc2ccc(N[SH]3(=O)CCN(C4CCOCC4)CC3)cc21. The van der Waals surface area contributed by atoms with Gasteiger partial charge in [-0.25, -0.2) is 4.68 Å². The number of guanidine groups is 1. The first-order valence-electron chi connectivity index (χ1n) is 16.4. The molecule has 1 amide bonds. The first-order valence-corrected chi connectivity index (χ1v) is 18.5. The highest BCUT2D eigenvalue weighted by Gasteiger charge is 2.31. The minimum atomic E-state index is -2.59. The summed E-state index contributed by atoms with van der Waals surface area (Å²) in [5.74, 6) is 2.34. The van der Waals surface area contributed by atoms with Gasteiger partial charge in [0.15, 0.2) is 0 Å². The third-order valence-electron chi connectivity index (χ3n) is 9.47. The Morgan fingerprint density at radius 2 is 1.87 bits per heavy atom. The summed E-state index contributed by atoms with van der Waals surface area (Å²) in [5, 5.41) is 7.78. The lowest BCUT2D eigenvalue weighted by Gasteiger charge is -2.41. The van der Waals surface area contributed by atoms with Gasteiger partial charge >= 0.3 is 0 Å². The summed E-state index contributed by atoms with van der Waals surface area (Å²) in [6, 6.07) is 10.0. The zero-order chi connectivity index (χ0) is 31.8. The van der Waals surface area contributed by atoms with E-state index in [0.29, 0.717) is 59.5 Å². The third-order valence-corrected chi connectivity index (χ3v) is 12.0. The lowest BCUT2D eigenvalue weighted by Crippen LogP contribution is -2.51. The molecule has 7 rings (SSSR count). The Labute approximate surface area is 271 Å². The van der Waals surface area contributed by atoms with E-state index in [1.807, 2.05) is 32.2 Å². The van der Waals surface area contributed by atoms with E-state index in [0.717, 1.165) is 74.6 Å². The molecule has 46 heavy (non-hydrogen) atoms. The Bertz CT molecular complexity index is 1690. The molecule has 2 bridgehead atoms. The van der Waals surface area contributed by atoms with Gasteiger partial charge in [0.25, 0.3) is 5.91 Å². The molecule has 0 saturated carbocycles. The largest absolute Gasteiger partial charge is 0.477 e. The molecule has 3 aromatic rings. The number of carbonyl (C=O) groups excluding carboxylic acids is 1. The standard InChI is InChI=1S/C33H44N8O4S/c1-22-5-4-12-45-32-27(20-34-39(32)3)29-18-24(17-23(2)35-29)31(42)37-33-36-28-7-6-25(19-30(28)41(33)21-22)38-46(43)15-10-40(11-16-46)26-8-13-44-14-9-26/h6-7,17-20,22,26,46H,4-5,8-16,21H2,1-3H3,(H,38,43)(H,36,37,42). The topological polar surface area (TPSA) is 126 Å². The molecule has 0 spiro atoms.